The van der Waals surface area contributed by atoms with E-state index in [1.54, 1.807) is 6.92 Å². The number of hydrogen-bond acceptors (Lipinski definition) is 2. The molecule has 2 aromatic carbocycles. The summed E-state index contributed by atoms with van der Waals surface area (Å²) >= 11 is 0. The summed E-state index contributed by atoms with van der Waals surface area (Å²) in [6.45, 7) is 3.88. The summed E-state index contributed by atoms with van der Waals surface area (Å²) in [5.41, 5.74) is 5.07. The van der Waals surface area contributed by atoms with Gasteiger partial charge in [0.25, 0.3) is 0 Å². The van der Waals surface area contributed by atoms with Crippen molar-refractivity contribution in [1.29, 1.82) is 0 Å². The Balaban J connectivity index is 2.65. The number of hydrogen-bond donors (Lipinski definition) is 1. The van der Waals surface area contributed by atoms with Gasteiger partial charge >= 0.3 is 0 Å². The smallest absolute Gasteiger partial charge is 0.0843 e. The van der Waals surface area contributed by atoms with E-state index in [0.29, 0.717) is 5.71 Å². The van der Waals surface area contributed by atoms with Crippen LogP contribution >= 0.6 is 0 Å². The molecule has 0 radical (unpaired) electrons. The second-order valence-electron chi connectivity index (χ2n) is 4.05. The molecule has 17 heavy (non-hydrogen) atoms. The maximum Gasteiger partial charge on any atom is 0.0843 e. The molecule has 2 heteroatoms. The predicted octanol–water partition coefficient (Wildman–Crippen LogP) is 3.86. The van der Waals surface area contributed by atoms with Gasteiger partial charge in [0.1, 0.15) is 0 Å². The first-order valence-electron chi connectivity index (χ1n) is 5.58. The Hall–Kier alpha value is -2.09. The molecule has 0 aromatic heterocycles. The Bertz CT molecular complexity index is 558. The minimum atomic E-state index is 0.629. The van der Waals surface area contributed by atoms with Gasteiger partial charge in [-0.2, -0.15) is 0 Å². The van der Waals surface area contributed by atoms with Crippen LogP contribution in [0.15, 0.2) is 53.7 Å². The van der Waals surface area contributed by atoms with Crippen molar-refractivity contribution in [2.45, 2.75) is 13.8 Å². The second-order valence-corrected chi connectivity index (χ2v) is 4.05. The molecule has 0 aliphatic rings. The molecule has 2 aromatic rings. The zero-order chi connectivity index (χ0) is 12.3. The lowest BCUT2D eigenvalue weighted by Crippen LogP contribution is -1.98. The summed E-state index contributed by atoms with van der Waals surface area (Å²) in [5.74, 6) is 0. The van der Waals surface area contributed by atoms with Gasteiger partial charge in [0.2, 0.25) is 0 Å². The monoisotopic (exact) mass is 225 g/mol. The van der Waals surface area contributed by atoms with Gasteiger partial charge in [-0.3, -0.25) is 0 Å². The summed E-state index contributed by atoms with van der Waals surface area (Å²) < 4.78 is 0. The van der Waals surface area contributed by atoms with Gasteiger partial charge in [0.05, 0.1) is 5.71 Å². The zero-order valence-corrected chi connectivity index (χ0v) is 10.0. The largest absolute Gasteiger partial charge is 0.411 e. The number of aryl methyl sites for hydroxylation is 1. The van der Waals surface area contributed by atoms with E-state index in [0.717, 1.165) is 11.1 Å². The molecule has 0 saturated carbocycles. The third-order valence-electron chi connectivity index (χ3n) is 2.90. The van der Waals surface area contributed by atoms with Gasteiger partial charge in [-0.1, -0.05) is 53.7 Å². The number of nitrogens with zero attached hydrogens (tertiary/aromatic N) is 1. The van der Waals surface area contributed by atoms with E-state index < -0.39 is 0 Å². The quantitative estimate of drug-likeness (QED) is 0.470. The van der Waals surface area contributed by atoms with Crippen molar-refractivity contribution in [1.82, 2.24) is 0 Å². The molecule has 2 rings (SSSR count). The molecule has 0 spiro atoms. The van der Waals surface area contributed by atoms with Crippen LogP contribution in [0.4, 0.5) is 0 Å². The van der Waals surface area contributed by atoms with Gasteiger partial charge < -0.3 is 5.21 Å². The van der Waals surface area contributed by atoms with Crippen molar-refractivity contribution < 1.29 is 5.21 Å². The average Bonchev–Trinajstić information content (AvgIpc) is 2.38. The van der Waals surface area contributed by atoms with Crippen LogP contribution in [0.2, 0.25) is 0 Å². The van der Waals surface area contributed by atoms with Crippen molar-refractivity contribution in [3.05, 3.63) is 59.7 Å². The molecule has 86 valence electrons. The number of oxime groups is 1. The third-order valence-corrected chi connectivity index (χ3v) is 2.90. The lowest BCUT2D eigenvalue weighted by Gasteiger charge is -2.10. The molecular formula is C15H15NO. The molecule has 0 unspecified atom stereocenters. The van der Waals surface area contributed by atoms with Crippen LogP contribution < -0.4 is 0 Å². The molecular weight excluding hydrogens is 210 g/mol. The highest BCUT2D eigenvalue weighted by atomic mass is 16.4. The first-order chi connectivity index (χ1) is 8.24. The van der Waals surface area contributed by atoms with Crippen molar-refractivity contribution in [3.8, 4) is 11.1 Å². The van der Waals surface area contributed by atoms with E-state index in [9.17, 15) is 0 Å². The summed E-state index contributed by atoms with van der Waals surface area (Å²) in [7, 11) is 0. The first kappa shape index (κ1) is 11.4. The minimum Gasteiger partial charge on any atom is -0.411 e. The van der Waals surface area contributed by atoms with Crippen LogP contribution in [0.25, 0.3) is 11.1 Å². The fraction of sp³-hybridized carbons (Fsp3) is 0.133. The maximum atomic E-state index is 8.92. The molecule has 0 atom stereocenters. The standard InChI is InChI=1S/C15H15NO/c1-11-7-3-4-8-13(11)15-10-6-5-9-14(15)12(2)16-17/h3-10,17H,1-2H3/b16-12-. The molecule has 0 aliphatic carbocycles. The molecule has 2 nitrogen and oxygen atoms in total. The molecule has 1 N–H and O–H groups in total. The zero-order valence-electron chi connectivity index (χ0n) is 10.0. The Morgan fingerprint density at radius 1 is 0.941 bits per heavy atom. The summed E-state index contributed by atoms with van der Waals surface area (Å²) in [6.07, 6.45) is 0. The average molecular weight is 225 g/mol. The van der Waals surface area contributed by atoms with E-state index in [1.165, 1.54) is 11.1 Å². The van der Waals surface area contributed by atoms with Gasteiger partial charge in [0, 0.05) is 5.56 Å². The van der Waals surface area contributed by atoms with Crippen LogP contribution in [0, 0.1) is 6.92 Å². The maximum absolute atomic E-state index is 8.92. The molecule has 0 fully saturated rings. The van der Waals surface area contributed by atoms with E-state index in [2.05, 4.69) is 24.2 Å². The molecule has 0 heterocycles. The van der Waals surface area contributed by atoms with Crippen LogP contribution in [-0.4, -0.2) is 10.9 Å². The van der Waals surface area contributed by atoms with E-state index >= 15 is 0 Å². The minimum absolute atomic E-state index is 0.629. The van der Waals surface area contributed by atoms with E-state index in [4.69, 9.17) is 5.21 Å². The highest BCUT2D eigenvalue weighted by Gasteiger charge is 2.08. The Morgan fingerprint density at radius 2 is 1.53 bits per heavy atom. The Labute approximate surface area is 101 Å². The molecule has 0 aliphatic heterocycles. The van der Waals surface area contributed by atoms with Crippen LogP contribution in [0.1, 0.15) is 18.1 Å². The number of benzene rings is 2. The lowest BCUT2D eigenvalue weighted by atomic mass is 9.94. The van der Waals surface area contributed by atoms with Crippen molar-refractivity contribution >= 4 is 5.71 Å². The van der Waals surface area contributed by atoms with E-state index in [1.807, 2.05) is 36.4 Å². The van der Waals surface area contributed by atoms with Crippen molar-refractivity contribution in [2.24, 2.45) is 5.16 Å². The normalized spacial score (nSPS) is 11.5. The SMILES string of the molecule is C/C(=N/O)c1ccccc1-c1ccccc1C. The fourth-order valence-electron chi connectivity index (χ4n) is 1.96. The van der Waals surface area contributed by atoms with Gasteiger partial charge in [-0.05, 0) is 30.5 Å². The van der Waals surface area contributed by atoms with Gasteiger partial charge in [-0.15, -0.1) is 0 Å². The van der Waals surface area contributed by atoms with Crippen molar-refractivity contribution in [2.75, 3.05) is 0 Å². The lowest BCUT2D eigenvalue weighted by molar-refractivity contribution is 0.319. The Morgan fingerprint density at radius 3 is 2.18 bits per heavy atom. The highest BCUT2D eigenvalue weighted by Crippen LogP contribution is 2.26. The van der Waals surface area contributed by atoms with Crippen LogP contribution in [0.5, 0.6) is 0 Å². The summed E-state index contributed by atoms with van der Waals surface area (Å²) in [4.78, 5) is 0. The van der Waals surface area contributed by atoms with Crippen LogP contribution in [0.3, 0.4) is 0 Å². The summed E-state index contributed by atoms with van der Waals surface area (Å²) in [5, 5.41) is 12.2. The molecule has 0 bridgehead atoms. The summed E-state index contributed by atoms with van der Waals surface area (Å²) in [6, 6.07) is 16.2. The number of rotatable bonds is 2. The third kappa shape index (κ3) is 2.21. The van der Waals surface area contributed by atoms with E-state index in [-0.39, 0.29) is 0 Å². The fourth-order valence-corrected chi connectivity index (χ4v) is 1.96. The topological polar surface area (TPSA) is 32.6 Å². The second kappa shape index (κ2) is 4.83. The van der Waals surface area contributed by atoms with Crippen LogP contribution in [-0.2, 0) is 0 Å². The van der Waals surface area contributed by atoms with Gasteiger partial charge in [0.15, 0.2) is 0 Å². The molecule has 0 amide bonds. The predicted molar refractivity (Wildman–Crippen MR) is 70.6 cm³/mol. The first-order valence-corrected chi connectivity index (χ1v) is 5.58. The van der Waals surface area contributed by atoms with Crippen molar-refractivity contribution in [3.63, 3.8) is 0 Å². The highest BCUT2D eigenvalue weighted by molar-refractivity contribution is 6.04. The van der Waals surface area contributed by atoms with Gasteiger partial charge in [-0.25, -0.2) is 0 Å². The Kier molecular flexibility index (Phi) is 3.24. The molecule has 0 saturated heterocycles.